The number of anilines is 1. The first-order valence-corrected chi connectivity index (χ1v) is 9.12. The van der Waals surface area contributed by atoms with Crippen LogP contribution in [0.15, 0.2) is 83.9 Å². The maximum absolute atomic E-state index is 12.5. The molecule has 4 aromatic rings. The lowest BCUT2D eigenvalue weighted by atomic mass is 10.1. The number of nitrogens with one attached hydrogen (secondary N) is 1. The monoisotopic (exact) mass is 385 g/mol. The molecule has 0 fully saturated rings. The van der Waals surface area contributed by atoms with Gasteiger partial charge in [-0.25, -0.2) is 4.98 Å². The molecule has 29 heavy (non-hydrogen) atoms. The van der Waals surface area contributed by atoms with Crippen molar-refractivity contribution in [2.75, 3.05) is 12.4 Å². The number of hydrogen-bond donors (Lipinski definition) is 1. The fraction of sp³-hybridized carbons (Fsp3) is 0.0870. The van der Waals surface area contributed by atoms with Gasteiger partial charge in [0.1, 0.15) is 12.3 Å². The Labute approximate surface area is 167 Å². The lowest BCUT2D eigenvalue weighted by Gasteiger charge is -2.10. The van der Waals surface area contributed by atoms with E-state index in [9.17, 15) is 9.59 Å². The van der Waals surface area contributed by atoms with E-state index in [1.165, 1.54) is 17.0 Å². The van der Waals surface area contributed by atoms with E-state index < -0.39 is 0 Å². The first-order valence-electron chi connectivity index (χ1n) is 9.12. The minimum Gasteiger partial charge on any atom is -0.497 e. The van der Waals surface area contributed by atoms with Crippen molar-refractivity contribution in [3.05, 3.63) is 89.5 Å². The summed E-state index contributed by atoms with van der Waals surface area (Å²) in [5.41, 5.74) is 1.77. The average Bonchev–Trinajstić information content (AvgIpc) is 2.75. The van der Waals surface area contributed by atoms with Gasteiger partial charge in [-0.3, -0.25) is 14.2 Å². The molecule has 0 spiro atoms. The van der Waals surface area contributed by atoms with Crippen molar-refractivity contribution in [2.45, 2.75) is 6.54 Å². The molecule has 6 heteroatoms. The van der Waals surface area contributed by atoms with Gasteiger partial charge in [0, 0.05) is 22.7 Å². The van der Waals surface area contributed by atoms with Gasteiger partial charge >= 0.3 is 0 Å². The van der Waals surface area contributed by atoms with Crippen LogP contribution in [0.25, 0.3) is 22.0 Å². The predicted molar refractivity (Wildman–Crippen MR) is 113 cm³/mol. The minimum atomic E-state index is -0.293. The van der Waals surface area contributed by atoms with Crippen LogP contribution in [0.2, 0.25) is 0 Å². The van der Waals surface area contributed by atoms with Crippen LogP contribution in [0.4, 0.5) is 5.69 Å². The lowest BCUT2D eigenvalue weighted by Crippen LogP contribution is -2.27. The van der Waals surface area contributed by atoms with Gasteiger partial charge in [-0.15, -0.1) is 0 Å². The third-order valence-corrected chi connectivity index (χ3v) is 4.64. The maximum Gasteiger partial charge on any atom is 0.254 e. The molecule has 1 aromatic heterocycles. The molecule has 4 rings (SSSR count). The number of methoxy groups -OCH3 is 1. The van der Waals surface area contributed by atoms with E-state index in [1.807, 2.05) is 54.6 Å². The molecule has 1 N–H and O–H groups in total. The predicted octanol–water partition coefficient (Wildman–Crippen LogP) is 3.71. The Bertz CT molecular complexity index is 1220. The largest absolute Gasteiger partial charge is 0.497 e. The highest BCUT2D eigenvalue weighted by molar-refractivity contribution is 6.02. The van der Waals surface area contributed by atoms with Crippen molar-refractivity contribution < 1.29 is 9.53 Å². The van der Waals surface area contributed by atoms with Gasteiger partial charge in [0.15, 0.2) is 0 Å². The van der Waals surface area contributed by atoms with Crippen LogP contribution in [0, 0.1) is 0 Å². The van der Waals surface area contributed by atoms with E-state index in [0.717, 1.165) is 22.1 Å². The smallest absolute Gasteiger partial charge is 0.254 e. The van der Waals surface area contributed by atoms with Crippen LogP contribution < -0.4 is 15.6 Å². The fourth-order valence-corrected chi connectivity index (χ4v) is 3.14. The third kappa shape index (κ3) is 4.01. The second-order valence-corrected chi connectivity index (χ2v) is 6.54. The summed E-state index contributed by atoms with van der Waals surface area (Å²) in [4.78, 5) is 29.3. The van der Waals surface area contributed by atoms with Gasteiger partial charge in [-0.05, 0) is 35.7 Å². The van der Waals surface area contributed by atoms with Gasteiger partial charge < -0.3 is 10.1 Å². The summed E-state index contributed by atoms with van der Waals surface area (Å²) in [6, 6.07) is 22.2. The Hall–Kier alpha value is -3.93. The lowest BCUT2D eigenvalue weighted by molar-refractivity contribution is -0.116. The highest BCUT2D eigenvalue weighted by atomic mass is 16.5. The molecule has 0 bridgehead atoms. The Kier molecular flexibility index (Phi) is 5.07. The standard InChI is InChI=1S/C23H19N3O3/c1-29-18-11-9-17(10-12-18)21-13-23(28)26(15-24-21)14-22(27)25-20-8-4-6-16-5-2-3-7-19(16)20/h2-13,15H,14H2,1H3,(H,25,27). The van der Waals surface area contributed by atoms with Crippen LogP contribution in [0.1, 0.15) is 0 Å². The van der Waals surface area contributed by atoms with Crippen molar-refractivity contribution in [3.8, 4) is 17.0 Å². The topological polar surface area (TPSA) is 73.2 Å². The number of nitrogens with zero attached hydrogens (tertiary/aromatic N) is 2. The number of carbonyl (C=O) groups excluding carboxylic acids is 1. The molecule has 0 aliphatic rings. The van der Waals surface area contributed by atoms with Gasteiger partial charge in [0.2, 0.25) is 5.91 Å². The number of carbonyl (C=O) groups is 1. The molecule has 1 amide bonds. The highest BCUT2D eigenvalue weighted by Crippen LogP contribution is 2.23. The number of hydrogen-bond acceptors (Lipinski definition) is 4. The molecule has 6 nitrogen and oxygen atoms in total. The van der Waals surface area contributed by atoms with Crippen molar-refractivity contribution in [3.63, 3.8) is 0 Å². The molecule has 0 unspecified atom stereocenters. The summed E-state index contributed by atoms with van der Waals surface area (Å²) < 4.78 is 6.42. The summed E-state index contributed by atoms with van der Waals surface area (Å²) in [5.74, 6) is 0.439. The zero-order valence-corrected chi connectivity index (χ0v) is 15.8. The van der Waals surface area contributed by atoms with Crippen molar-refractivity contribution in [1.82, 2.24) is 9.55 Å². The molecule has 3 aromatic carbocycles. The fourth-order valence-electron chi connectivity index (χ4n) is 3.14. The second kappa shape index (κ2) is 7.98. The summed E-state index contributed by atoms with van der Waals surface area (Å²) in [6.07, 6.45) is 1.39. The number of amides is 1. The normalized spacial score (nSPS) is 10.7. The molecule has 0 saturated heterocycles. The second-order valence-electron chi connectivity index (χ2n) is 6.54. The number of rotatable bonds is 5. The molecule has 0 aliphatic carbocycles. The number of ether oxygens (including phenoxy) is 1. The summed E-state index contributed by atoms with van der Waals surface area (Å²) in [7, 11) is 1.59. The van der Waals surface area contributed by atoms with Gasteiger partial charge in [-0.1, -0.05) is 36.4 Å². The number of benzene rings is 3. The van der Waals surface area contributed by atoms with Crippen molar-refractivity contribution in [2.24, 2.45) is 0 Å². The molecule has 0 atom stereocenters. The van der Waals surface area contributed by atoms with Crippen LogP contribution in [0.3, 0.4) is 0 Å². The van der Waals surface area contributed by atoms with Crippen LogP contribution in [-0.4, -0.2) is 22.6 Å². The van der Waals surface area contributed by atoms with E-state index in [0.29, 0.717) is 11.4 Å². The number of fused-ring (bicyclic) bond motifs is 1. The summed E-state index contributed by atoms with van der Waals surface area (Å²) >= 11 is 0. The van der Waals surface area contributed by atoms with Gasteiger partial charge in [-0.2, -0.15) is 0 Å². The van der Waals surface area contributed by atoms with Crippen LogP contribution in [0.5, 0.6) is 5.75 Å². The molecule has 144 valence electrons. The van der Waals surface area contributed by atoms with E-state index in [-0.39, 0.29) is 18.0 Å². The SMILES string of the molecule is COc1ccc(-c2cc(=O)n(CC(=O)Nc3cccc4ccccc34)cn2)cc1. The Balaban J connectivity index is 1.51. The summed E-state index contributed by atoms with van der Waals surface area (Å²) in [6.45, 7) is -0.113. The zero-order valence-electron chi connectivity index (χ0n) is 15.8. The van der Waals surface area contributed by atoms with Crippen molar-refractivity contribution in [1.29, 1.82) is 0 Å². The van der Waals surface area contributed by atoms with Gasteiger partial charge in [0.25, 0.3) is 5.56 Å². The average molecular weight is 385 g/mol. The maximum atomic E-state index is 12.5. The van der Waals surface area contributed by atoms with E-state index >= 15 is 0 Å². The zero-order chi connectivity index (χ0) is 20.2. The molecule has 0 aliphatic heterocycles. The number of aromatic nitrogens is 2. The van der Waals surface area contributed by atoms with Crippen LogP contribution in [-0.2, 0) is 11.3 Å². The molecule has 0 saturated carbocycles. The van der Waals surface area contributed by atoms with Crippen molar-refractivity contribution >= 4 is 22.4 Å². The van der Waals surface area contributed by atoms with E-state index in [1.54, 1.807) is 19.2 Å². The Morgan fingerprint density at radius 3 is 2.55 bits per heavy atom. The van der Waals surface area contributed by atoms with E-state index in [2.05, 4.69) is 10.3 Å². The summed E-state index contributed by atoms with van der Waals surface area (Å²) in [5, 5.41) is 4.86. The first-order chi connectivity index (χ1) is 14.1. The molecular formula is C23H19N3O3. The quantitative estimate of drug-likeness (QED) is 0.568. The Morgan fingerprint density at radius 2 is 1.79 bits per heavy atom. The Morgan fingerprint density at radius 1 is 1.03 bits per heavy atom. The molecular weight excluding hydrogens is 366 g/mol. The van der Waals surface area contributed by atoms with E-state index in [4.69, 9.17) is 4.74 Å². The molecule has 0 radical (unpaired) electrons. The van der Waals surface area contributed by atoms with Crippen LogP contribution >= 0.6 is 0 Å². The minimum absolute atomic E-state index is 0.113. The van der Waals surface area contributed by atoms with Gasteiger partial charge in [0.05, 0.1) is 19.1 Å². The molecule has 1 heterocycles. The first kappa shape index (κ1) is 18.4. The highest BCUT2D eigenvalue weighted by Gasteiger charge is 2.09. The third-order valence-electron chi connectivity index (χ3n) is 4.64.